The minimum absolute atomic E-state index is 0.0465. The molecule has 0 fully saturated rings. The minimum Gasteiger partial charge on any atom is -0.506 e. The Morgan fingerprint density at radius 3 is 2.53 bits per heavy atom. The summed E-state index contributed by atoms with van der Waals surface area (Å²) in [5, 5.41) is 12.4. The van der Waals surface area contributed by atoms with Gasteiger partial charge in [-0.3, -0.25) is 4.79 Å². The van der Waals surface area contributed by atoms with Gasteiger partial charge in [-0.15, -0.1) is 0 Å². The molecule has 2 N–H and O–H groups in total. The molecule has 0 bridgehead atoms. The number of aromatic hydroxyl groups is 1. The van der Waals surface area contributed by atoms with Crippen LogP contribution in [0.5, 0.6) is 5.75 Å². The molecule has 0 aliphatic rings. The quantitative estimate of drug-likeness (QED) is 0.900. The zero-order valence-electron chi connectivity index (χ0n) is 10.5. The van der Waals surface area contributed by atoms with E-state index in [-0.39, 0.29) is 16.7 Å². The molecular formula is C15H14ClNO2. The molecule has 0 saturated heterocycles. The van der Waals surface area contributed by atoms with E-state index in [1.54, 1.807) is 12.1 Å². The first-order chi connectivity index (χ1) is 9.04. The number of hydrogen-bond acceptors (Lipinski definition) is 2. The van der Waals surface area contributed by atoms with E-state index >= 15 is 0 Å². The standard InChI is InChI=1S/C15H14ClNO2/c1-10-2-4-11(5-3-10)8-15(19)17-12-6-7-13(16)14(18)9-12/h2-7,9,18H,8H2,1H3,(H,17,19). The Hall–Kier alpha value is -2.00. The number of phenolic OH excluding ortho intramolecular Hbond substituents is 1. The first-order valence-electron chi connectivity index (χ1n) is 5.88. The molecule has 4 heteroatoms. The smallest absolute Gasteiger partial charge is 0.228 e. The molecule has 19 heavy (non-hydrogen) atoms. The van der Waals surface area contributed by atoms with Gasteiger partial charge >= 0.3 is 0 Å². The van der Waals surface area contributed by atoms with Gasteiger partial charge in [-0.05, 0) is 24.6 Å². The van der Waals surface area contributed by atoms with Crippen molar-refractivity contribution >= 4 is 23.2 Å². The molecule has 1 amide bonds. The highest BCUT2D eigenvalue weighted by atomic mass is 35.5. The maximum absolute atomic E-state index is 11.8. The number of anilines is 1. The first kappa shape index (κ1) is 13.4. The van der Waals surface area contributed by atoms with Gasteiger partial charge in [0.1, 0.15) is 5.75 Å². The topological polar surface area (TPSA) is 49.3 Å². The van der Waals surface area contributed by atoms with Gasteiger partial charge in [0.05, 0.1) is 11.4 Å². The largest absolute Gasteiger partial charge is 0.506 e. The van der Waals surface area contributed by atoms with Crippen LogP contribution in [0, 0.1) is 6.92 Å². The monoisotopic (exact) mass is 275 g/mol. The summed E-state index contributed by atoms with van der Waals surface area (Å²) in [6, 6.07) is 12.4. The number of amides is 1. The second kappa shape index (κ2) is 5.76. The summed E-state index contributed by atoms with van der Waals surface area (Å²) < 4.78 is 0. The fourth-order valence-corrected chi connectivity index (χ4v) is 1.80. The van der Waals surface area contributed by atoms with E-state index in [0.717, 1.165) is 11.1 Å². The molecule has 0 unspecified atom stereocenters. The van der Waals surface area contributed by atoms with Gasteiger partial charge < -0.3 is 10.4 Å². The second-order valence-electron chi connectivity index (χ2n) is 4.38. The van der Waals surface area contributed by atoms with E-state index < -0.39 is 0 Å². The molecule has 0 spiro atoms. The Kier molecular flexibility index (Phi) is 4.07. The van der Waals surface area contributed by atoms with Gasteiger partial charge in [0.15, 0.2) is 0 Å². The molecule has 0 atom stereocenters. The van der Waals surface area contributed by atoms with Crippen LogP contribution in [0.25, 0.3) is 0 Å². The molecule has 3 nitrogen and oxygen atoms in total. The summed E-state index contributed by atoms with van der Waals surface area (Å²) in [5.74, 6) is -0.180. The SMILES string of the molecule is Cc1ccc(CC(=O)Nc2ccc(Cl)c(O)c2)cc1. The Labute approximate surface area is 116 Å². The zero-order chi connectivity index (χ0) is 13.8. The predicted molar refractivity (Wildman–Crippen MR) is 76.6 cm³/mol. The van der Waals surface area contributed by atoms with Crippen molar-refractivity contribution in [1.82, 2.24) is 0 Å². The van der Waals surface area contributed by atoms with Crippen molar-refractivity contribution < 1.29 is 9.90 Å². The molecular weight excluding hydrogens is 262 g/mol. The number of halogens is 1. The van der Waals surface area contributed by atoms with Crippen LogP contribution in [0.2, 0.25) is 5.02 Å². The fourth-order valence-electron chi connectivity index (χ4n) is 1.69. The third-order valence-corrected chi connectivity index (χ3v) is 3.03. The van der Waals surface area contributed by atoms with Crippen LogP contribution in [0.3, 0.4) is 0 Å². The predicted octanol–water partition coefficient (Wildman–Crippen LogP) is 3.54. The lowest BCUT2D eigenvalue weighted by Crippen LogP contribution is -2.14. The van der Waals surface area contributed by atoms with Crippen molar-refractivity contribution in [2.24, 2.45) is 0 Å². The Morgan fingerprint density at radius 1 is 1.21 bits per heavy atom. The summed E-state index contributed by atoms with van der Waals surface area (Å²) in [6.07, 6.45) is 0.295. The van der Waals surface area contributed by atoms with Crippen molar-refractivity contribution in [3.8, 4) is 5.75 Å². The molecule has 0 aliphatic carbocycles. The molecule has 98 valence electrons. The maximum Gasteiger partial charge on any atom is 0.228 e. The third-order valence-electron chi connectivity index (χ3n) is 2.72. The number of phenols is 1. The number of carbonyl (C=O) groups is 1. The molecule has 0 aromatic heterocycles. The molecule has 2 aromatic carbocycles. The van der Waals surface area contributed by atoms with E-state index in [0.29, 0.717) is 12.1 Å². The van der Waals surface area contributed by atoms with Crippen molar-refractivity contribution in [3.05, 3.63) is 58.6 Å². The lowest BCUT2D eigenvalue weighted by atomic mass is 10.1. The number of benzene rings is 2. The van der Waals surface area contributed by atoms with Gasteiger partial charge in [-0.1, -0.05) is 41.4 Å². The van der Waals surface area contributed by atoms with Crippen LogP contribution in [0.15, 0.2) is 42.5 Å². The lowest BCUT2D eigenvalue weighted by Gasteiger charge is -2.06. The van der Waals surface area contributed by atoms with Crippen molar-refractivity contribution in [2.45, 2.75) is 13.3 Å². The van der Waals surface area contributed by atoms with Gasteiger partial charge in [0, 0.05) is 11.8 Å². The van der Waals surface area contributed by atoms with Crippen LogP contribution in [0.4, 0.5) is 5.69 Å². The third kappa shape index (κ3) is 3.73. The Bertz CT molecular complexity index is 594. The summed E-state index contributed by atoms with van der Waals surface area (Å²) >= 11 is 5.70. The second-order valence-corrected chi connectivity index (χ2v) is 4.78. The number of hydrogen-bond donors (Lipinski definition) is 2. The number of rotatable bonds is 3. The molecule has 2 aromatic rings. The first-order valence-corrected chi connectivity index (χ1v) is 6.26. The lowest BCUT2D eigenvalue weighted by molar-refractivity contribution is -0.115. The fraction of sp³-hybridized carbons (Fsp3) is 0.133. The van der Waals surface area contributed by atoms with E-state index in [2.05, 4.69) is 5.32 Å². The van der Waals surface area contributed by atoms with Crippen LogP contribution in [-0.4, -0.2) is 11.0 Å². The van der Waals surface area contributed by atoms with Crippen molar-refractivity contribution in [3.63, 3.8) is 0 Å². The number of aryl methyl sites for hydroxylation is 1. The normalized spacial score (nSPS) is 10.2. The Morgan fingerprint density at radius 2 is 1.89 bits per heavy atom. The average molecular weight is 276 g/mol. The van der Waals surface area contributed by atoms with Gasteiger partial charge in [-0.25, -0.2) is 0 Å². The van der Waals surface area contributed by atoms with Gasteiger partial charge in [-0.2, -0.15) is 0 Å². The summed E-state index contributed by atoms with van der Waals surface area (Å²) in [4.78, 5) is 11.8. The van der Waals surface area contributed by atoms with Crippen LogP contribution >= 0.6 is 11.6 Å². The van der Waals surface area contributed by atoms with Crippen LogP contribution in [0.1, 0.15) is 11.1 Å². The highest BCUT2D eigenvalue weighted by Gasteiger charge is 2.06. The molecule has 0 aliphatic heterocycles. The zero-order valence-corrected chi connectivity index (χ0v) is 11.2. The summed E-state index contributed by atoms with van der Waals surface area (Å²) in [7, 11) is 0. The minimum atomic E-state index is -0.134. The molecule has 0 saturated carbocycles. The maximum atomic E-state index is 11.8. The van der Waals surface area contributed by atoms with Crippen LogP contribution in [-0.2, 0) is 11.2 Å². The molecule has 2 rings (SSSR count). The van der Waals surface area contributed by atoms with Crippen molar-refractivity contribution in [2.75, 3.05) is 5.32 Å². The van der Waals surface area contributed by atoms with E-state index in [4.69, 9.17) is 11.6 Å². The van der Waals surface area contributed by atoms with Gasteiger partial charge in [0.2, 0.25) is 5.91 Å². The number of nitrogens with one attached hydrogen (secondary N) is 1. The van der Waals surface area contributed by atoms with E-state index in [9.17, 15) is 9.90 Å². The molecule has 0 radical (unpaired) electrons. The summed E-state index contributed by atoms with van der Waals surface area (Å²) in [5.41, 5.74) is 2.63. The number of carbonyl (C=O) groups excluding carboxylic acids is 1. The molecule has 0 heterocycles. The van der Waals surface area contributed by atoms with E-state index in [1.165, 1.54) is 6.07 Å². The van der Waals surface area contributed by atoms with Gasteiger partial charge in [0.25, 0.3) is 0 Å². The summed E-state index contributed by atoms with van der Waals surface area (Å²) in [6.45, 7) is 2.00. The Balaban J connectivity index is 2.01. The highest BCUT2D eigenvalue weighted by Crippen LogP contribution is 2.26. The van der Waals surface area contributed by atoms with E-state index in [1.807, 2.05) is 31.2 Å². The highest BCUT2D eigenvalue weighted by molar-refractivity contribution is 6.32. The van der Waals surface area contributed by atoms with Crippen LogP contribution < -0.4 is 5.32 Å². The average Bonchev–Trinajstić information content (AvgIpc) is 2.37. The van der Waals surface area contributed by atoms with Crippen molar-refractivity contribution in [1.29, 1.82) is 0 Å².